The van der Waals surface area contributed by atoms with Crippen molar-refractivity contribution in [3.8, 4) is 0 Å². The van der Waals surface area contributed by atoms with Gasteiger partial charge in [0.25, 0.3) is 10.1 Å². The highest BCUT2D eigenvalue weighted by Crippen LogP contribution is 2.24. The van der Waals surface area contributed by atoms with E-state index in [0.717, 1.165) is 38.5 Å². The Morgan fingerprint density at radius 2 is 1.02 bits per heavy atom. The quantitative estimate of drug-likeness (QED) is 0.0332. The monoisotopic (exact) mass is 738 g/mol. The highest BCUT2D eigenvalue weighted by atomic mass is 32.2. The van der Waals surface area contributed by atoms with Gasteiger partial charge in [0.15, 0.2) is 12.4 Å². The summed E-state index contributed by atoms with van der Waals surface area (Å²) in [4.78, 5) is 25.1. The number of aliphatic hydroxyl groups is 3. The second-order valence-electron chi connectivity index (χ2n) is 14.0. The molecule has 0 amide bonds. The van der Waals surface area contributed by atoms with Crippen LogP contribution in [0.4, 0.5) is 0 Å². The van der Waals surface area contributed by atoms with Crippen LogP contribution in [0.2, 0.25) is 0 Å². The Hall–Kier alpha value is -1.35. The molecule has 0 bridgehead atoms. The Morgan fingerprint density at radius 1 is 0.600 bits per heavy atom. The summed E-state index contributed by atoms with van der Waals surface area (Å²) in [6.07, 6.45) is 16.1. The molecule has 13 heteroatoms. The zero-order chi connectivity index (χ0) is 37.0. The lowest BCUT2D eigenvalue weighted by atomic mass is 10.00. The number of unbranched alkanes of at least 4 members (excludes halogenated alkanes) is 20. The number of esters is 2. The third-order valence-electron chi connectivity index (χ3n) is 9.19. The van der Waals surface area contributed by atoms with E-state index in [9.17, 15) is 37.9 Å². The first-order chi connectivity index (χ1) is 24.0. The van der Waals surface area contributed by atoms with Gasteiger partial charge in [0.05, 0.1) is 6.61 Å². The third-order valence-corrected chi connectivity index (χ3v) is 9.94. The van der Waals surface area contributed by atoms with Crippen LogP contribution in [-0.4, -0.2) is 96.0 Å². The number of hydrogen-bond donors (Lipinski definition) is 4. The van der Waals surface area contributed by atoms with Gasteiger partial charge in [0, 0.05) is 12.8 Å². The molecule has 2 unspecified atom stereocenters. The maximum atomic E-state index is 12.7. The summed E-state index contributed by atoms with van der Waals surface area (Å²) < 4.78 is 53.7. The number of carbonyl (C=O) groups excluding carboxylic acids is 2. The van der Waals surface area contributed by atoms with E-state index in [4.69, 9.17) is 18.9 Å². The van der Waals surface area contributed by atoms with E-state index >= 15 is 0 Å². The van der Waals surface area contributed by atoms with Crippen molar-refractivity contribution in [3.63, 3.8) is 0 Å². The third kappa shape index (κ3) is 24.0. The number of ether oxygens (including phenoxy) is 4. The summed E-state index contributed by atoms with van der Waals surface area (Å²) in [5.41, 5.74) is 0. The van der Waals surface area contributed by atoms with Crippen LogP contribution >= 0.6 is 0 Å². The lowest BCUT2D eigenvalue weighted by Crippen LogP contribution is -2.60. The zero-order valence-electron chi connectivity index (χ0n) is 31.0. The first-order valence-corrected chi connectivity index (χ1v) is 21.2. The second kappa shape index (κ2) is 29.1. The number of aliphatic hydroxyl groups excluding tert-OH is 3. The van der Waals surface area contributed by atoms with Gasteiger partial charge in [-0.15, -0.1) is 0 Å². The topological polar surface area (TPSA) is 186 Å². The molecule has 1 aliphatic heterocycles. The van der Waals surface area contributed by atoms with Gasteiger partial charge in [-0.2, -0.15) is 8.42 Å². The van der Waals surface area contributed by atoms with Crippen molar-refractivity contribution in [2.24, 2.45) is 0 Å². The molecule has 50 heavy (non-hydrogen) atoms. The fraction of sp³-hybridized carbons (Fsp3) is 0.946. The molecular weight excluding hydrogens is 668 g/mol. The van der Waals surface area contributed by atoms with Crippen molar-refractivity contribution >= 4 is 22.1 Å². The van der Waals surface area contributed by atoms with E-state index in [1.165, 1.54) is 89.9 Å². The summed E-state index contributed by atoms with van der Waals surface area (Å²) in [7, 11) is -4.59. The minimum Gasteiger partial charge on any atom is -0.462 e. The Balaban J connectivity index is 2.50. The second-order valence-corrected chi connectivity index (χ2v) is 15.5. The summed E-state index contributed by atoms with van der Waals surface area (Å²) in [6.45, 7) is 3.71. The lowest BCUT2D eigenvalue weighted by Gasteiger charge is -2.40. The van der Waals surface area contributed by atoms with Crippen LogP contribution in [-0.2, 0) is 38.7 Å². The van der Waals surface area contributed by atoms with E-state index in [0.29, 0.717) is 12.8 Å². The molecular formula is C37H70O12S. The van der Waals surface area contributed by atoms with Crippen LogP contribution < -0.4 is 0 Å². The van der Waals surface area contributed by atoms with Gasteiger partial charge in [0.2, 0.25) is 0 Å². The lowest BCUT2D eigenvalue weighted by molar-refractivity contribution is -0.297. The molecule has 0 saturated carbocycles. The van der Waals surface area contributed by atoms with Gasteiger partial charge in [-0.3, -0.25) is 14.1 Å². The van der Waals surface area contributed by atoms with E-state index in [2.05, 4.69) is 13.8 Å². The molecule has 1 aliphatic rings. The highest BCUT2D eigenvalue weighted by molar-refractivity contribution is 7.85. The molecule has 1 fully saturated rings. The SMILES string of the molecule is CCCCCCCCCCCCCCCCC(=O)O[C@H](COC(=O)CCCCCCCCCC)CO[C@H]1O[C@H](CS(=O)(=O)O)[C@@H](O)C(O)C1O. The van der Waals surface area contributed by atoms with E-state index in [1.807, 2.05) is 0 Å². The first-order valence-electron chi connectivity index (χ1n) is 19.6. The predicted molar refractivity (Wildman–Crippen MR) is 192 cm³/mol. The summed E-state index contributed by atoms with van der Waals surface area (Å²) in [5, 5.41) is 30.7. The van der Waals surface area contributed by atoms with Crippen molar-refractivity contribution in [1.82, 2.24) is 0 Å². The van der Waals surface area contributed by atoms with Gasteiger partial charge >= 0.3 is 11.9 Å². The molecule has 1 rings (SSSR count). The zero-order valence-corrected chi connectivity index (χ0v) is 31.8. The van der Waals surface area contributed by atoms with Gasteiger partial charge in [-0.05, 0) is 12.8 Å². The number of rotatable bonds is 32. The van der Waals surface area contributed by atoms with Crippen molar-refractivity contribution in [2.75, 3.05) is 19.0 Å². The Kier molecular flexibility index (Phi) is 27.2. The van der Waals surface area contributed by atoms with Gasteiger partial charge in [0.1, 0.15) is 36.8 Å². The molecule has 0 aromatic heterocycles. The molecule has 1 saturated heterocycles. The van der Waals surface area contributed by atoms with E-state index in [1.54, 1.807) is 0 Å². The average Bonchev–Trinajstić information content (AvgIpc) is 3.07. The largest absolute Gasteiger partial charge is 0.462 e. The molecule has 0 aromatic carbocycles. The van der Waals surface area contributed by atoms with Gasteiger partial charge in [-0.25, -0.2) is 0 Å². The van der Waals surface area contributed by atoms with Crippen molar-refractivity contribution < 1.29 is 56.8 Å². The van der Waals surface area contributed by atoms with Crippen LogP contribution in [0.3, 0.4) is 0 Å². The molecule has 0 radical (unpaired) electrons. The summed E-state index contributed by atoms with van der Waals surface area (Å²) >= 11 is 0. The van der Waals surface area contributed by atoms with Crippen molar-refractivity contribution in [1.29, 1.82) is 0 Å². The van der Waals surface area contributed by atoms with Crippen molar-refractivity contribution in [2.45, 2.75) is 205 Å². The smallest absolute Gasteiger partial charge is 0.306 e. The molecule has 0 spiro atoms. The number of carbonyl (C=O) groups is 2. The maximum absolute atomic E-state index is 12.7. The predicted octanol–water partition coefficient (Wildman–Crippen LogP) is 6.56. The average molecular weight is 739 g/mol. The fourth-order valence-electron chi connectivity index (χ4n) is 6.09. The highest BCUT2D eigenvalue weighted by Gasteiger charge is 2.46. The molecule has 0 aliphatic carbocycles. The standard InChI is InChI=1S/C37H70O12S/c1-3-5-7-9-11-13-14-15-16-17-18-20-22-24-26-33(39)48-30(27-46-32(38)25-23-21-19-12-10-8-6-4-2)28-47-37-36(42)35(41)34(40)31(49-37)29-50(43,44)45/h30-31,34-37,40-42H,3-29H2,1-2H3,(H,43,44,45)/t30-,31-,34-,35?,36?,37+/m1/s1. The Morgan fingerprint density at radius 3 is 1.46 bits per heavy atom. The molecule has 0 aromatic rings. The summed E-state index contributed by atoms with van der Waals surface area (Å²) in [6, 6.07) is 0. The van der Waals surface area contributed by atoms with Gasteiger partial charge in [-0.1, -0.05) is 142 Å². The Labute approximate surface area is 302 Å². The molecule has 296 valence electrons. The molecule has 12 nitrogen and oxygen atoms in total. The summed E-state index contributed by atoms with van der Waals surface area (Å²) in [5.74, 6) is -1.97. The van der Waals surface area contributed by atoms with E-state index in [-0.39, 0.29) is 19.4 Å². The Bertz CT molecular complexity index is 962. The number of hydrogen-bond acceptors (Lipinski definition) is 11. The first kappa shape index (κ1) is 46.7. The molecule has 4 N–H and O–H groups in total. The van der Waals surface area contributed by atoms with Crippen LogP contribution in [0.25, 0.3) is 0 Å². The minimum atomic E-state index is -4.59. The maximum Gasteiger partial charge on any atom is 0.306 e. The van der Waals surface area contributed by atoms with Crippen molar-refractivity contribution in [3.05, 3.63) is 0 Å². The normalized spacial score (nSPS) is 21.6. The fourth-order valence-corrected chi connectivity index (χ4v) is 6.78. The van der Waals surface area contributed by atoms with Crippen LogP contribution in [0.1, 0.15) is 168 Å². The van der Waals surface area contributed by atoms with Crippen LogP contribution in [0, 0.1) is 0 Å². The van der Waals surface area contributed by atoms with Crippen LogP contribution in [0.5, 0.6) is 0 Å². The molecule has 1 heterocycles. The van der Waals surface area contributed by atoms with Crippen LogP contribution in [0.15, 0.2) is 0 Å². The van der Waals surface area contributed by atoms with Gasteiger partial charge < -0.3 is 34.3 Å². The van der Waals surface area contributed by atoms with E-state index < -0.39 is 71.2 Å². The minimum absolute atomic E-state index is 0.171. The molecule has 6 atom stereocenters.